The third kappa shape index (κ3) is 2.44. The van der Waals surface area contributed by atoms with E-state index in [1.54, 1.807) is 6.20 Å². The van der Waals surface area contributed by atoms with E-state index >= 15 is 0 Å². The summed E-state index contributed by atoms with van der Waals surface area (Å²) in [7, 11) is 0. The minimum atomic E-state index is -0.577. The number of aryl methyl sites for hydroxylation is 1. The Balaban J connectivity index is 1.95. The van der Waals surface area contributed by atoms with Crippen molar-refractivity contribution in [3.63, 3.8) is 0 Å². The number of rotatable bonds is 3. The zero-order valence-corrected chi connectivity index (χ0v) is 12.6. The number of thiophene rings is 1. The number of halogens is 1. The smallest absolute Gasteiger partial charge is 0.0937 e. The Bertz CT molecular complexity index is 748. The van der Waals surface area contributed by atoms with Crippen molar-refractivity contribution in [2.45, 2.75) is 19.4 Å². The molecule has 0 saturated carbocycles. The van der Waals surface area contributed by atoms with Crippen LogP contribution < -0.4 is 0 Å². The molecule has 0 amide bonds. The molecule has 0 saturated heterocycles. The van der Waals surface area contributed by atoms with Gasteiger partial charge in [0.1, 0.15) is 0 Å². The molecule has 3 rings (SSSR count). The van der Waals surface area contributed by atoms with E-state index in [1.807, 2.05) is 42.6 Å². The summed E-state index contributed by atoms with van der Waals surface area (Å²) in [6, 6.07) is 9.93. The van der Waals surface area contributed by atoms with Gasteiger partial charge in [0.25, 0.3) is 0 Å². The van der Waals surface area contributed by atoms with E-state index in [1.165, 1.54) is 11.3 Å². The minimum absolute atomic E-state index is 0.544. The quantitative estimate of drug-likeness (QED) is 0.771. The fourth-order valence-electron chi connectivity index (χ4n) is 2.31. The van der Waals surface area contributed by atoms with Gasteiger partial charge in [-0.15, -0.1) is 11.3 Å². The summed E-state index contributed by atoms with van der Waals surface area (Å²) in [6.45, 7) is 1.96. The summed E-state index contributed by atoms with van der Waals surface area (Å²) in [6.07, 6.45) is 1.75. The molecule has 0 radical (unpaired) electrons. The molecule has 0 aliphatic carbocycles. The van der Waals surface area contributed by atoms with Crippen LogP contribution in [0.1, 0.15) is 22.1 Å². The number of aliphatic hydroxyl groups is 1. The van der Waals surface area contributed by atoms with E-state index in [2.05, 4.69) is 4.98 Å². The zero-order valence-electron chi connectivity index (χ0n) is 11.0. The van der Waals surface area contributed by atoms with Crippen molar-refractivity contribution >= 4 is 33.8 Å². The molecule has 0 fully saturated rings. The number of para-hydroxylation sites is 1. The lowest BCUT2D eigenvalue weighted by molar-refractivity contribution is 0.182. The van der Waals surface area contributed by atoms with Crippen LogP contribution in [0.25, 0.3) is 10.9 Å². The van der Waals surface area contributed by atoms with Crippen LogP contribution in [0.15, 0.2) is 41.9 Å². The molecule has 0 spiro atoms. The van der Waals surface area contributed by atoms with Crippen molar-refractivity contribution in [3.8, 4) is 0 Å². The van der Waals surface area contributed by atoms with Gasteiger partial charge in [-0.3, -0.25) is 4.98 Å². The maximum Gasteiger partial charge on any atom is 0.0937 e. The molecule has 1 atom stereocenters. The van der Waals surface area contributed by atoms with Gasteiger partial charge < -0.3 is 5.11 Å². The predicted octanol–water partition coefficient (Wildman–Crippen LogP) is 4.53. The summed E-state index contributed by atoms with van der Waals surface area (Å²) in [5.74, 6) is 0. The largest absolute Gasteiger partial charge is 0.387 e. The van der Waals surface area contributed by atoms with Crippen LogP contribution in [-0.4, -0.2) is 10.1 Å². The molecule has 1 unspecified atom stereocenters. The highest BCUT2D eigenvalue weighted by Crippen LogP contribution is 2.34. The monoisotopic (exact) mass is 303 g/mol. The molecule has 1 N–H and O–H groups in total. The van der Waals surface area contributed by atoms with Gasteiger partial charge in [-0.2, -0.15) is 0 Å². The van der Waals surface area contributed by atoms with Gasteiger partial charge in [0.05, 0.1) is 21.5 Å². The summed E-state index contributed by atoms with van der Waals surface area (Å²) in [4.78, 5) is 5.18. The summed E-state index contributed by atoms with van der Waals surface area (Å²) in [5.41, 5.74) is 3.06. The Morgan fingerprint density at radius 3 is 2.85 bits per heavy atom. The van der Waals surface area contributed by atoms with Crippen LogP contribution in [0, 0.1) is 6.92 Å². The van der Waals surface area contributed by atoms with Crippen LogP contribution >= 0.6 is 22.9 Å². The topological polar surface area (TPSA) is 33.1 Å². The fraction of sp³-hybridized carbons (Fsp3) is 0.188. The molecule has 2 aromatic heterocycles. The van der Waals surface area contributed by atoms with Crippen LogP contribution in [0.3, 0.4) is 0 Å². The van der Waals surface area contributed by atoms with E-state index in [-0.39, 0.29) is 0 Å². The maximum absolute atomic E-state index is 10.4. The molecule has 2 nitrogen and oxygen atoms in total. The molecule has 102 valence electrons. The van der Waals surface area contributed by atoms with Gasteiger partial charge in [0.15, 0.2) is 0 Å². The summed E-state index contributed by atoms with van der Waals surface area (Å²) >= 11 is 7.74. The summed E-state index contributed by atoms with van der Waals surface area (Å²) in [5, 5.41) is 14.2. The second-order valence-electron chi connectivity index (χ2n) is 4.80. The number of fused-ring (bicyclic) bond motifs is 1. The second kappa shape index (κ2) is 5.52. The molecule has 1 aromatic carbocycles. The van der Waals surface area contributed by atoms with Crippen LogP contribution in [0.4, 0.5) is 0 Å². The highest BCUT2D eigenvalue weighted by atomic mass is 35.5. The molecular weight excluding hydrogens is 290 g/mol. The van der Waals surface area contributed by atoms with Crippen molar-refractivity contribution in [2.24, 2.45) is 0 Å². The summed E-state index contributed by atoms with van der Waals surface area (Å²) < 4.78 is 0. The van der Waals surface area contributed by atoms with Gasteiger partial charge in [0, 0.05) is 18.0 Å². The lowest BCUT2D eigenvalue weighted by Crippen LogP contribution is -2.01. The fourth-order valence-corrected chi connectivity index (χ4v) is 3.61. The van der Waals surface area contributed by atoms with Gasteiger partial charge in [-0.1, -0.05) is 29.8 Å². The van der Waals surface area contributed by atoms with E-state index in [0.29, 0.717) is 11.4 Å². The van der Waals surface area contributed by atoms with Crippen LogP contribution in [-0.2, 0) is 6.42 Å². The zero-order chi connectivity index (χ0) is 14.1. The van der Waals surface area contributed by atoms with Crippen molar-refractivity contribution in [2.75, 3.05) is 0 Å². The Hall–Kier alpha value is -1.42. The lowest BCUT2D eigenvalue weighted by Gasteiger charge is -2.11. The third-order valence-corrected chi connectivity index (χ3v) is 5.20. The molecule has 2 heterocycles. The first-order chi connectivity index (χ1) is 9.66. The average Bonchev–Trinajstić information content (AvgIpc) is 2.79. The number of nitrogens with zero attached hydrogens (tertiary/aromatic N) is 1. The number of hydrogen-bond donors (Lipinski definition) is 1. The molecule has 0 aliphatic heterocycles. The number of hydrogen-bond acceptors (Lipinski definition) is 3. The molecule has 0 aliphatic rings. The Morgan fingerprint density at radius 2 is 2.10 bits per heavy atom. The first kappa shape index (κ1) is 13.6. The van der Waals surface area contributed by atoms with Gasteiger partial charge >= 0.3 is 0 Å². The Labute approximate surface area is 126 Å². The van der Waals surface area contributed by atoms with Crippen molar-refractivity contribution in [1.82, 2.24) is 4.98 Å². The van der Waals surface area contributed by atoms with Crippen molar-refractivity contribution < 1.29 is 5.11 Å². The minimum Gasteiger partial charge on any atom is -0.387 e. The lowest BCUT2D eigenvalue weighted by atomic mass is 10.0. The molecule has 4 heteroatoms. The van der Waals surface area contributed by atoms with Crippen LogP contribution in [0.2, 0.25) is 5.02 Å². The Kier molecular flexibility index (Phi) is 3.74. The number of pyridine rings is 1. The molecule has 20 heavy (non-hydrogen) atoms. The van der Waals surface area contributed by atoms with Gasteiger partial charge in [-0.25, -0.2) is 0 Å². The molecule has 0 bridgehead atoms. The molecule has 3 aromatic rings. The SMILES string of the molecule is Cc1csc(C(O)Cc2ccnc3ccccc23)c1Cl. The predicted molar refractivity (Wildman–Crippen MR) is 84.5 cm³/mol. The van der Waals surface area contributed by atoms with E-state index in [0.717, 1.165) is 26.9 Å². The number of aromatic nitrogens is 1. The highest BCUT2D eigenvalue weighted by Gasteiger charge is 2.17. The van der Waals surface area contributed by atoms with Gasteiger partial charge in [0.2, 0.25) is 0 Å². The van der Waals surface area contributed by atoms with E-state index < -0.39 is 6.10 Å². The third-order valence-electron chi connectivity index (χ3n) is 3.38. The average molecular weight is 304 g/mol. The van der Waals surface area contributed by atoms with Gasteiger partial charge in [-0.05, 0) is 35.6 Å². The standard InChI is InChI=1S/C16H14ClNOS/c1-10-9-20-16(15(10)17)14(19)8-11-6-7-18-13-5-3-2-4-12(11)13/h2-7,9,14,19H,8H2,1H3. The first-order valence-electron chi connectivity index (χ1n) is 6.41. The van der Waals surface area contributed by atoms with Crippen molar-refractivity contribution in [3.05, 3.63) is 62.9 Å². The maximum atomic E-state index is 10.4. The number of aliphatic hydroxyl groups excluding tert-OH is 1. The van der Waals surface area contributed by atoms with E-state index in [9.17, 15) is 5.11 Å². The van der Waals surface area contributed by atoms with E-state index in [4.69, 9.17) is 11.6 Å². The first-order valence-corrected chi connectivity index (χ1v) is 7.66. The normalized spacial score (nSPS) is 12.8. The van der Waals surface area contributed by atoms with Crippen molar-refractivity contribution in [1.29, 1.82) is 0 Å². The molecular formula is C16H14ClNOS. The second-order valence-corrected chi connectivity index (χ2v) is 6.09. The van der Waals surface area contributed by atoms with Crippen LogP contribution in [0.5, 0.6) is 0 Å². The Morgan fingerprint density at radius 1 is 1.30 bits per heavy atom. The highest BCUT2D eigenvalue weighted by molar-refractivity contribution is 7.10. The number of benzene rings is 1.